The molecule has 0 aliphatic heterocycles. The van der Waals surface area contributed by atoms with Crippen LogP contribution in [0.3, 0.4) is 0 Å². The molecule has 0 unspecified atom stereocenters. The lowest BCUT2D eigenvalue weighted by molar-refractivity contribution is -0.155. The summed E-state index contributed by atoms with van der Waals surface area (Å²) in [4.78, 5) is 22.0. The van der Waals surface area contributed by atoms with Crippen molar-refractivity contribution in [2.24, 2.45) is 0 Å². The molecule has 3 amide bonds. The van der Waals surface area contributed by atoms with Gasteiger partial charge in [0.25, 0.3) is 0 Å². The Kier molecular flexibility index (Phi) is 6.28. The Bertz CT molecular complexity index is 577. The molecule has 0 aliphatic rings. The van der Waals surface area contributed by atoms with Gasteiger partial charge in [-0.15, -0.1) is 0 Å². The van der Waals surface area contributed by atoms with Gasteiger partial charge in [0.15, 0.2) is 17.7 Å². The molecule has 0 aliphatic carbocycles. The molecule has 0 bridgehead atoms. The molecule has 0 fully saturated rings. The summed E-state index contributed by atoms with van der Waals surface area (Å²) in [5, 5.41) is 5.92. The van der Waals surface area contributed by atoms with Gasteiger partial charge in [0.05, 0.1) is 0 Å². The van der Waals surface area contributed by atoms with Crippen molar-refractivity contribution in [1.29, 1.82) is 0 Å². The van der Waals surface area contributed by atoms with Crippen LogP contribution >= 0.6 is 0 Å². The fourth-order valence-electron chi connectivity index (χ4n) is 1.68. The van der Waals surface area contributed by atoms with Crippen molar-refractivity contribution in [2.75, 3.05) is 13.1 Å². The molecule has 23 heavy (non-hydrogen) atoms. The molecule has 0 saturated carbocycles. The van der Waals surface area contributed by atoms with E-state index in [9.17, 15) is 31.5 Å². The summed E-state index contributed by atoms with van der Waals surface area (Å²) in [6.45, 7) is 1.10. The van der Waals surface area contributed by atoms with Crippen LogP contribution in [0.2, 0.25) is 0 Å². The van der Waals surface area contributed by atoms with Gasteiger partial charge < -0.3 is 16.0 Å². The van der Waals surface area contributed by atoms with Gasteiger partial charge in [-0.3, -0.25) is 4.79 Å². The third-order valence-electron chi connectivity index (χ3n) is 2.68. The Morgan fingerprint density at radius 1 is 1.13 bits per heavy atom. The summed E-state index contributed by atoms with van der Waals surface area (Å²) in [5.74, 6) is -3.51. The maximum atomic E-state index is 13.5. The third-order valence-corrected chi connectivity index (χ3v) is 2.68. The first-order valence-corrected chi connectivity index (χ1v) is 6.42. The first-order chi connectivity index (χ1) is 10.6. The number of urea groups is 1. The highest BCUT2D eigenvalue weighted by molar-refractivity contribution is 5.75. The maximum Gasteiger partial charge on any atom is 0.413 e. The average molecular weight is 339 g/mol. The number of hydrogen-bond donors (Lipinski definition) is 3. The van der Waals surface area contributed by atoms with Gasteiger partial charge in [0.2, 0.25) is 5.91 Å². The van der Waals surface area contributed by atoms with E-state index in [2.05, 4.69) is 10.6 Å². The van der Waals surface area contributed by atoms with Gasteiger partial charge >= 0.3 is 12.2 Å². The Hall–Kier alpha value is -2.39. The van der Waals surface area contributed by atoms with Gasteiger partial charge in [-0.2, -0.15) is 13.2 Å². The van der Waals surface area contributed by atoms with E-state index in [0.29, 0.717) is 6.07 Å². The number of rotatable bonds is 5. The maximum absolute atomic E-state index is 13.5. The highest BCUT2D eigenvalue weighted by atomic mass is 19.4. The van der Waals surface area contributed by atoms with Crippen LogP contribution in [0.4, 0.5) is 26.7 Å². The van der Waals surface area contributed by atoms with Gasteiger partial charge in [0.1, 0.15) is 0 Å². The molecular weight excluding hydrogens is 325 g/mol. The smallest absolute Gasteiger partial charge is 0.355 e. The largest absolute Gasteiger partial charge is 0.413 e. The lowest BCUT2D eigenvalue weighted by Crippen LogP contribution is -2.45. The topological polar surface area (TPSA) is 70.2 Å². The Labute approximate surface area is 128 Å². The van der Waals surface area contributed by atoms with Crippen molar-refractivity contribution in [3.05, 3.63) is 35.4 Å². The van der Waals surface area contributed by atoms with Crippen molar-refractivity contribution in [2.45, 2.75) is 19.1 Å². The van der Waals surface area contributed by atoms with E-state index in [4.69, 9.17) is 0 Å². The van der Waals surface area contributed by atoms with Crippen LogP contribution in [0.25, 0.3) is 0 Å². The van der Waals surface area contributed by atoms with E-state index in [1.54, 1.807) is 0 Å². The van der Waals surface area contributed by atoms with Crippen molar-refractivity contribution >= 4 is 11.9 Å². The fourth-order valence-corrected chi connectivity index (χ4v) is 1.68. The van der Waals surface area contributed by atoms with Gasteiger partial charge in [-0.05, 0) is 6.07 Å². The second kappa shape index (κ2) is 7.75. The van der Waals surface area contributed by atoms with Gasteiger partial charge in [0, 0.05) is 25.6 Å². The monoisotopic (exact) mass is 339 g/mol. The third kappa shape index (κ3) is 5.72. The van der Waals surface area contributed by atoms with Crippen molar-refractivity contribution in [3.8, 4) is 0 Å². The minimum Gasteiger partial charge on any atom is -0.355 e. The van der Waals surface area contributed by atoms with Crippen LogP contribution in [0.15, 0.2) is 18.2 Å². The Morgan fingerprint density at radius 3 is 2.30 bits per heavy atom. The Morgan fingerprint density at radius 2 is 1.74 bits per heavy atom. The summed E-state index contributed by atoms with van der Waals surface area (Å²) < 4.78 is 65.6. The van der Waals surface area contributed by atoms with Crippen molar-refractivity contribution in [3.63, 3.8) is 0 Å². The van der Waals surface area contributed by atoms with E-state index >= 15 is 0 Å². The van der Waals surface area contributed by atoms with Crippen molar-refractivity contribution in [1.82, 2.24) is 16.0 Å². The minimum absolute atomic E-state index is 0.00770. The molecule has 5 nitrogen and oxygen atoms in total. The molecule has 0 radical (unpaired) electrons. The molecule has 1 rings (SSSR count). The van der Waals surface area contributed by atoms with Gasteiger partial charge in [-0.25, -0.2) is 13.6 Å². The molecule has 0 saturated heterocycles. The number of hydrogen-bond acceptors (Lipinski definition) is 2. The standard InChI is InChI=1S/C13H14F5N3O2/c1-7(22)19-5-6-20-12(23)21-11(13(16,17)18)8-3-2-4-9(14)10(8)15/h2-4,11H,5-6H2,1H3,(H,19,22)(H2,20,21,23)/t11-/m1/s1. The predicted octanol–water partition coefficient (Wildman–Crippen LogP) is 2.00. The number of carbonyl (C=O) groups excluding carboxylic acids is 2. The molecule has 1 aromatic rings. The summed E-state index contributed by atoms with van der Waals surface area (Å²) in [7, 11) is 0. The van der Waals surface area contributed by atoms with Crippen LogP contribution in [-0.2, 0) is 4.79 Å². The predicted molar refractivity (Wildman–Crippen MR) is 70.4 cm³/mol. The Balaban J connectivity index is 2.79. The molecule has 10 heteroatoms. The number of halogens is 5. The fraction of sp³-hybridized carbons (Fsp3) is 0.385. The molecule has 0 heterocycles. The van der Waals surface area contributed by atoms with Gasteiger partial charge in [-0.1, -0.05) is 12.1 Å². The summed E-state index contributed by atoms with van der Waals surface area (Å²) in [6.07, 6.45) is -5.02. The number of benzene rings is 1. The van der Waals surface area contributed by atoms with Crippen LogP contribution < -0.4 is 16.0 Å². The van der Waals surface area contributed by atoms with E-state index in [0.717, 1.165) is 12.1 Å². The lowest BCUT2D eigenvalue weighted by atomic mass is 10.1. The van der Waals surface area contributed by atoms with E-state index < -0.39 is 35.4 Å². The number of carbonyl (C=O) groups is 2. The highest BCUT2D eigenvalue weighted by Gasteiger charge is 2.43. The van der Waals surface area contributed by atoms with Crippen LogP contribution in [-0.4, -0.2) is 31.2 Å². The first-order valence-electron chi connectivity index (χ1n) is 6.42. The second-order valence-corrected chi connectivity index (χ2v) is 4.50. The zero-order valence-electron chi connectivity index (χ0n) is 11.9. The normalized spacial score (nSPS) is 12.4. The zero-order chi connectivity index (χ0) is 17.6. The second-order valence-electron chi connectivity index (χ2n) is 4.50. The highest BCUT2D eigenvalue weighted by Crippen LogP contribution is 2.34. The van der Waals surface area contributed by atoms with E-state index in [1.807, 2.05) is 0 Å². The number of amides is 3. The molecule has 0 spiro atoms. The summed E-state index contributed by atoms with van der Waals surface area (Å²) in [6, 6.07) is -1.64. The SMILES string of the molecule is CC(=O)NCCNC(=O)N[C@H](c1cccc(F)c1F)C(F)(F)F. The number of alkyl halides is 3. The molecular formula is C13H14F5N3O2. The van der Waals surface area contributed by atoms with Crippen LogP contribution in [0.5, 0.6) is 0 Å². The zero-order valence-corrected chi connectivity index (χ0v) is 11.9. The summed E-state index contributed by atoms with van der Waals surface area (Å²) in [5.41, 5.74) is -1.03. The lowest BCUT2D eigenvalue weighted by Gasteiger charge is -2.22. The summed E-state index contributed by atoms with van der Waals surface area (Å²) >= 11 is 0. The molecule has 3 N–H and O–H groups in total. The molecule has 0 aromatic heterocycles. The van der Waals surface area contributed by atoms with Crippen molar-refractivity contribution < 1.29 is 31.5 Å². The van der Waals surface area contributed by atoms with Crippen LogP contribution in [0.1, 0.15) is 18.5 Å². The molecule has 1 aromatic carbocycles. The van der Waals surface area contributed by atoms with E-state index in [-0.39, 0.29) is 19.0 Å². The average Bonchev–Trinajstić information content (AvgIpc) is 2.43. The number of nitrogens with one attached hydrogen (secondary N) is 3. The molecule has 128 valence electrons. The quantitative estimate of drug-likeness (QED) is 0.567. The minimum atomic E-state index is -5.02. The first kappa shape index (κ1) is 18.7. The molecule has 1 atom stereocenters. The van der Waals surface area contributed by atoms with Crippen LogP contribution in [0, 0.1) is 11.6 Å². The van der Waals surface area contributed by atoms with E-state index in [1.165, 1.54) is 12.2 Å².